The molecule has 3 heterocycles. The van der Waals surface area contributed by atoms with Crippen molar-refractivity contribution in [1.82, 2.24) is 9.38 Å². The molecule has 0 saturated heterocycles. The first kappa shape index (κ1) is 10.3. The third-order valence-corrected chi connectivity index (χ3v) is 4.13. The number of thiazole rings is 1. The number of ether oxygens (including phenoxy) is 1. The van der Waals surface area contributed by atoms with E-state index in [2.05, 4.69) is 44.4 Å². The van der Waals surface area contributed by atoms with Crippen molar-refractivity contribution in [2.24, 2.45) is 0 Å². The van der Waals surface area contributed by atoms with E-state index in [4.69, 9.17) is 9.72 Å². The highest BCUT2D eigenvalue weighted by Crippen LogP contribution is 2.47. The lowest BCUT2D eigenvalue weighted by molar-refractivity contribution is -0.108. The lowest BCUT2D eigenvalue weighted by atomic mass is 10.0. The van der Waals surface area contributed by atoms with Gasteiger partial charge in [-0.15, -0.1) is 11.3 Å². The van der Waals surface area contributed by atoms with Gasteiger partial charge >= 0.3 is 0 Å². The Morgan fingerprint density at radius 2 is 1.94 bits per heavy atom. The zero-order valence-electron chi connectivity index (χ0n) is 10.3. The maximum atomic E-state index is 6.10. The molecule has 86 valence electrons. The molecule has 2 aromatic rings. The van der Waals surface area contributed by atoms with Gasteiger partial charge in [0.1, 0.15) is 11.2 Å². The van der Waals surface area contributed by atoms with E-state index < -0.39 is 0 Å². The Morgan fingerprint density at radius 3 is 2.62 bits per heavy atom. The molecule has 0 atom stereocenters. The lowest BCUT2D eigenvalue weighted by Gasteiger charge is -2.24. The molecule has 1 aliphatic heterocycles. The number of fused-ring (bicyclic) bond motifs is 3. The highest BCUT2D eigenvalue weighted by molar-refractivity contribution is 7.15. The van der Waals surface area contributed by atoms with Crippen LogP contribution in [-0.4, -0.2) is 9.38 Å². The van der Waals surface area contributed by atoms with Crippen LogP contribution < -0.4 is 0 Å². The summed E-state index contributed by atoms with van der Waals surface area (Å²) in [5.74, 6) is 0. The molecule has 4 heteroatoms. The molecular formula is C12H16N2OS. The van der Waals surface area contributed by atoms with E-state index in [1.54, 1.807) is 11.3 Å². The van der Waals surface area contributed by atoms with Crippen LogP contribution in [0.1, 0.15) is 44.8 Å². The van der Waals surface area contributed by atoms with Gasteiger partial charge in [0.15, 0.2) is 4.96 Å². The summed E-state index contributed by atoms with van der Waals surface area (Å²) < 4.78 is 8.33. The van der Waals surface area contributed by atoms with Gasteiger partial charge in [-0.1, -0.05) is 0 Å². The summed E-state index contributed by atoms with van der Waals surface area (Å²) in [5.41, 5.74) is 3.00. The fourth-order valence-corrected chi connectivity index (χ4v) is 3.57. The van der Waals surface area contributed by atoms with Gasteiger partial charge in [-0.2, -0.15) is 0 Å². The fraction of sp³-hybridized carbons (Fsp3) is 0.583. The van der Waals surface area contributed by atoms with Crippen LogP contribution in [0.15, 0.2) is 5.38 Å². The highest BCUT2D eigenvalue weighted by atomic mass is 32.1. The molecule has 2 aromatic heterocycles. The van der Waals surface area contributed by atoms with Crippen molar-refractivity contribution in [3.05, 3.63) is 22.5 Å². The van der Waals surface area contributed by atoms with Gasteiger partial charge in [-0.25, -0.2) is 4.98 Å². The van der Waals surface area contributed by atoms with Crippen molar-refractivity contribution < 1.29 is 4.74 Å². The Kier molecular flexibility index (Phi) is 1.73. The van der Waals surface area contributed by atoms with E-state index in [0.717, 1.165) is 10.7 Å². The van der Waals surface area contributed by atoms with Gasteiger partial charge in [0.25, 0.3) is 0 Å². The molecule has 1 aliphatic rings. The van der Waals surface area contributed by atoms with Crippen LogP contribution in [0.2, 0.25) is 0 Å². The molecular weight excluding hydrogens is 220 g/mol. The maximum Gasteiger partial charge on any atom is 0.194 e. The van der Waals surface area contributed by atoms with Crippen LogP contribution >= 0.6 is 11.3 Å². The van der Waals surface area contributed by atoms with Crippen molar-refractivity contribution in [3.8, 4) is 0 Å². The molecule has 0 aromatic carbocycles. The monoisotopic (exact) mass is 236 g/mol. The summed E-state index contributed by atoms with van der Waals surface area (Å²) in [6.07, 6.45) is 0. The largest absolute Gasteiger partial charge is 0.357 e. The lowest BCUT2D eigenvalue weighted by Crippen LogP contribution is -2.24. The minimum Gasteiger partial charge on any atom is -0.357 e. The summed E-state index contributed by atoms with van der Waals surface area (Å²) >= 11 is 1.70. The Bertz CT molecular complexity index is 577. The van der Waals surface area contributed by atoms with E-state index in [-0.39, 0.29) is 11.2 Å². The van der Waals surface area contributed by atoms with E-state index in [1.165, 1.54) is 11.4 Å². The third-order valence-electron chi connectivity index (χ3n) is 3.19. The summed E-state index contributed by atoms with van der Waals surface area (Å²) in [6.45, 7) is 10.5. The molecule has 0 amide bonds. The number of hydrogen-bond acceptors (Lipinski definition) is 3. The maximum absolute atomic E-state index is 6.10. The number of aromatic nitrogens is 2. The molecule has 0 fully saturated rings. The van der Waals surface area contributed by atoms with Crippen molar-refractivity contribution >= 4 is 16.3 Å². The van der Waals surface area contributed by atoms with Crippen molar-refractivity contribution in [2.45, 2.75) is 45.8 Å². The molecule has 0 spiro atoms. The molecule has 0 unspecified atom stereocenters. The fourth-order valence-electron chi connectivity index (χ4n) is 2.71. The summed E-state index contributed by atoms with van der Waals surface area (Å²) in [5, 5.41) is 2.14. The van der Waals surface area contributed by atoms with Gasteiger partial charge < -0.3 is 4.74 Å². The van der Waals surface area contributed by atoms with Crippen LogP contribution in [0, 0.1) is 6.92 Å². The topological polar surface area (TPSA) is 26.5 Å². The van der Waals surface area contributed by atoms with E-state index >= 15 is 0 Å². The second-order valence-corrected chi connectivity index (χ2v) is 6.26. The van der Waals surface area contributed by atoms with Crippen LogP contribution in [0.4, 0.5) is 0 Å². The molecule has 16 heavy (non-hydrogen) atoms. The number of imidazole rings is 1. The SMILES string of the molecule is Cc1csc2nc3c(n12)C(C)(C)OC3(C)C. The van der Waals surface area contributed by atoms with Crippen LogP contribution in [0.3, 0.4) is 0 Å². The Labute approximate surface area is 99.1 Å². The molecule has 0 N–H and O–H groups in total. The summed E-state index contributed by atoms with van der Waals surface area (Å²) in [6, 6.07) is 0. The average Bonchev–Trinajstić information content (AvgIpc) is 2.68. The van der Waals surface area contributed by atoms with Gasteiger partial charge in [0, 0.05) is 11.1 Å². The molecule has 0 aliphatic carbocycles. The van der Waals surface area contributed by atoms with Crippen molar-refractivity contribution in [1.29, 1.82) is 0 Å². The number of rotatable bonds is 0. The standard InChI is InChI=1S/C12H16N2OS/c1-7-6-16-10-13-8-9(14(7)10)12(4,5)15-11(8,2)3/h6H,1-5H3. The molecule has 0 bridgehead atoms. The van der Waals surface area contributed by atoms with Crippen LogP contribution in [0.5, 0.6) is 0 Å². The smallest absolute Gasteiger partial charge is 0.194 e. The van der Waals surface area contributed by atoms with Gasteiger partial charge in [0.2, 0.25) is 0 Å². The molecule has 0 radical (unpaired) electrons. The average molecular weight is 236 g/mol. The summed E-state index contributed by atoms with van der Waals surface area (Å²) in [7, 11) is 0. The van der Waals surface area contributed by atoms with Crippen LogP contribution in [0.25, 0.3) is 4.96 Å². The van der Waals surface area contributed by atoms with E-state index in [0.29, 0.717) is 0 Å². The predicted molar refractivity (Wildman–Crippen MR) is 64.9 cm³/mol. The minimum atomic E-state index is -0.281. The second-order valence-electron chi connectivity index (χ2n) is 5.43. The minimum absolute atomic E-state index is 0.260. The normalized spacial score (nSPS) is 21.6. The molecule has 3 nitrogen and oxygen atoms in total. The van der Waals surface area contributed by atoms with Gasteiger partial charge in [-0.3, -0.25) is 4.40 Å². The Balaban J connectivity index is 2.44. The number of hydrogen-bond donors (Lipinski definition) is 0. The summed E-state index contributed by atoms with van der Waals surface area (Å²) in [4.78, 5) is 5.79. The second kappa shape index (κ2) is 2.68. The quantitative estimate of drug-likeness (QED) is 0.702. The zero-order valence-corrected chi connectivity index (χ0v) is 11.1. The van der Waals surface area contributed by atoms with Crippen molar-refractivity contribution in [3.63, 3.8) is 0 Å². The number of aryl methyl sites for hydroxylation is 1. The van der Waals surface area contributed by atoms with Gasteiger partial charge in [-0.05, 0) is 34.6 Å². The number of nitrogens with zero attached hydrogens (tertiary/aromatic N) is 2. The van der Waals surface area contributed by atoms with E-state index in [9.17, 15) is 0 Å². The molecule has 0 saturated carbocycles. The van der Waals surface area contributed by atoms with Crippen molar-refractivity contribution in [2.75, 3.05) is 0 Å². The molecule has 3 rings (SSSR count). The Hall–Kier alpha value is -0.870. The van der Waals surface area contributed by atoms with Crippen LogP contribution in [-0.2, 0) is 15.9 Å². The first-order chi connectivity index (χ1) is 7.33. The first-order valence-corrected chi connectivity index (χ1v) is 6.38. The highest BCUT2D eigenvalue weighted by Gasteiger charge is 2.47. The van der Waals surface area contributed by atoms with E-state index in [1.807, 2.05) is 0 Å². The predicted octanol–water partition coefficient (Wildman–Crippen LogP) is 3.20. The zero-order chi connectivity index (χ0) is 11.7. The first-order valence-electron chi connectivity index (χ1n) is 5.50. The Morgan fingerprint density at radius 1 is 1.25 bits per heavy atom. The van der Waals surface area contributed by atoms with Gasteiger partial charge in [0.05, 0.1) is 11.4 Å². The third kappa shape index (κ3) is 1.09.